The fourth-order valence-corrected chi connectivity index (χ4v) is 9.23. The molecule has 1 spiro atoms. The van der Waals surface area contributed by atoms with Gasteiger partial charge >= 0.3 is 5.97 Å². The maximum absolute atomic E-state index is 14.6. The van der Waals surface area contributed by atoms with Crippen molar-refractivity contribution in [3.63, 3.8) is 0 Å². The summed E-state index contributed by atoms with van der Waals surface area (Å²) in [7, 11) is 0. The van der Waals surface area contributed by atoms with Crippen molar-refractivity contribution in [1.29, 1.82) is 0 Å². The lowest BCUT2D eigenvalue weighted by Gasteiger charge is -2.39. The first-order valence-corrected chi connectivity index (χ1v) is 13.9. The predicted molar refractivity (Wildman–Crippen MR) is 148 cm³/mol. The molecule has 2 N–H and O–H groups in total. The first kappa shape index (κ1) is 26.8. The summed E-state index contributed by atoms with van der Waals surface area (Å²) in [6.45, 7) is 5.58. The highest BCUT2D eigenvalue weighted by Gasteiger charge is 2.78. The van der Waals surface area contributed by atoms with Crippen LogP contribution in [0.5, 0.6) is 0 Å². The minimum absolute atomic E-state index is 0.201. The predicted octanol–water partition coefficient (Wildman–Crippen LogP) is 4.03. The van der Waals surface area contributed by atoms with E-state index in [1.54, 1.807) is 35.2 Å². The third kappa shape index (κ3) is 4.14. The number of rotatable bonds is 9. The SMILES string of the molecule is C=CCN(C(=O)C1N([C@@H](CO)Cc2ccccc2)C(=O)[C@@H]2[C@H](C(=O)O)[C@]3(C)CCC12S3)c1ccc(Cl)cc1. The highest BCUT2D eigenvalue weighted by atomic mass is 35.5. The molecule has 38 heavy (non-hydrogen) atoms. The van der Waals surface area contributed by atoms with E-state index in [9.17, 15) is 24.6 Å². The van der Waals surface area contributed by atoms with Crippen LogP contribution in [-0.4, -0.2) is 67.6 Å². The molecule has 0 aromatic heterocycles. The van der Waals surface area contributed by atoms with Gasteiger partial charge in [0.2, 0.25) is 5.91 Å². The Morgan fingerprint density at radius 2 is 1.89 bits per heavy atom. The van der Waals surface area contributed by atoms with Gasteiger partial charge in [-0.05, 0) is 56.0 Å². The number of hydrogen-bond acceptors (Lipinski definition) is 5. The van der Waals surface area contributed by atoms with Crippen LogP contribution in [0.2, 0.25) is 5.02 Å². The van der Waals surface area contributed by atoms with Crippen LogP contribution in [0.1, 0.15) is 25.3 Å². The van der Waals surface area contributed by atoms with Crippen molar-refractivity contribution in [2.24, 2.45) is 11.8 Å². The van der Waals surface area contributed by atoms with E-state index in [1.165, 1.54) is 16.7 Å². The van der Waals surface area contributed by atoms with Crippen molar-refractivity contribution in [2.45, 2.75) is 47.8 Å². The molecule has 2 unspecified atom stereocenters. The summed E-state index contributed by atoms with van der Waals surface area (Å²) in [5, 5.41) is 21.3. The summed E-state index contributed by atoms with van der Waals surface area (Å²) in [6, 6.07) is 14.8. The Morgan fingerprint density at radius 3 is 2.50 bits per heavy atom. The van der Waals surface area contributed by atoms with E-state index in [4.69, 9.17) is 11.6 Å². The number of anilines is 1. The zero-order chi connectivity index (χ0) is 27.2. The molecule has 3 heterocycles. The number of halogens is 1. The van der Waals surface area contributed by atoms with Crippen LogP contribution in [-0.2, 0) is 20.8 Å². The molecule has 2 aromatic rings. The molecule has 0 aliphatic carbocycles. The van der Waals surface area contributed by atoms with Gasteiger partial charge in [0.1, 0.15) is 6.04 Å². The number of carbonyl (C=O) groups excluding carboxylic acids is 2. The maximum Gasteiger partial charge on any atom is 0.308 e. The highest BCUT2D eigenvalue weighted by molar-refractivity contribution is 8.02. The average molecular weight is 555 g/mol. The zero-order valence-electron chi connectivity index (χ0n) is 21.1. The van der Waals surface area contributed by atoms with E-state index in [2.05, 4.69) is 6.58 Å². The summed E-state index contributed by atoms with van der Waals surface area (Å²) in [4.78, 5) is 44.4. The number of carbonyl (C=O) groups is 3. The van der Waals surface area contributed by atoms with E-state index in [1.807, 2.05) is 37.3 Å². The van der Waals surface area contributed by atoms with Crippen LogP contribution in [0.3, 0.4) is 0 Å². The van der Waals surface area contributed by atoms with Gasteiger partial charge in [-0.15, -0.1) is 18.3 Å². The molecule has 5 rings (SSSR count). The smallest absolute Gasteiger partial charge is 0.308 e. The first-order valence-electron chi connectivity index (χ1n) is 12.7. The fourth-order valence-electron chi connectivity index (χ4n) is 6.77. The van der Waals surface area contributed by atoms with E-state index < -0.39 is 39.4 Å². The Balaban J connectivity index is 1.63. The van der Waals surface area contributed by atoms with E-state index in [-0.39, 0.29) is 25.0 Å². The molecule has 200 valence electrons. The van der Waals surface area contributed by atoms with Crippen LogP contribution in [0.15, 0.2) is 67.3 Å². The summed E-state index contributed by atoms with van der Waals surface area (Å²) >= 11 is 7.58. The van der Waals surface area contributed by atoms with Crippen LogP contribution in [0.4, 0.5) is 5.69 Å². The Labute approximate surface area is 231 Å². The normalized spacial score (nSPS) is 30.2. The molecule has 2 amide bonds. The van der Waals surface area contributed by atoms with Crippen LogP contribution in [0.25, 0.3) is 0 Å². The number of nitrogens with zero attached hydrogens (tertiary/aromatic N) is 2. The van der Waals surface area contributed by atoms with Gasteiger partial charge in [-0.1, -0.05) is 48.0 Å². The second-order valence-corrected chi connectivity index (χ2v) is 12.9. The van der Waals surface area contributed by atoms with Gasteiger partial charge in [0.15, 0.2) is 0 Å². The number of amides is 2. The molecule has 2 bridgehead atoms. The molecule has 0 saturated carbocycles. The van der Waals surface area contributed by atoms with Gasteiger partial charge in [-0.3, -0.25) is 14.4 Å². The Morgan fingerprint density at radius 1 is 1.21 bits per heavy atom. The molecule has 0 radical (unpaired) electrons. The third-order valence-corrected chi connectivity index (χ3v) is 10.6. The van der Waals surface area contributed by atoms with Gasteiger partial charge in [-0.2, -0.15) is 0 Å². The number of aliphatic hydroxyl groups excluding tert-OH is 1. The molecular formula is C29H31ClN2O5S. The quantitative estimate of drug-likeness (QED) is 0.454. The number of carboxylic acid groups (broad SMARTS) is 1. The number of likely N-dealkylation sites (tertiary alicyclic amines) is 1. The summed E-state index contributed by atoms with van der Waals surface area (Å²) in [6.07, 6.45) is 3.11. The van der Waals surface area contributed by atoms with Crippen molar-refractivity contribution in [3.05, 3.63) is 77.8 Å². The first-order chi connectivity index (χ1) is 18.2. The maximum atomic E-state index is 14.6. The summed E-state index contributed by atoms with van der Waals surface area (Å²) in [5.41, 5.74) is 1.52. The second kappa shape index (κ2) is 10.1. The molecule has 3 aliphatic heterocycles. The molecule has 3 fully saturated rings. The highest BCUT2D eigenvalue weighted by Crippen LogP contribution is 2.71. The van der Waals surface area contributed by atoms with Gasteiger partial charge in [-0.25, -0.2) is 0 Å². The van der Waals surface area contributed by atoms with E-state index in [0.29, 0.717) is 30.0 Å². The number of aliphatic carboxylic acids is 1. The third-order valence-electron chi connectivity index (χ3n) is 8.35. The van der Waals surface area contributed by atoms with Gasteiger partial charge < -0.3 is 20.0 Å². The van der Waals surface area contributed by atoms with Crippen LogP contribution < -0.4 is 4.90 Å². The standard InChI is InChI=1S/C29H31ClN2O5S/c1-3-15-31(20-11-9-19(30)10-12-20)26(35)24-29-14-13-28(2,38-29)23(27(36)37)22(29)25(34)32(24)21(17-33)16-18-7-5-4-6-8-18/h3-12,21-24,33H,1,13-17H2,2H3,(H,36,37)/t21-,22+,23-,24?,28+,29?/m1/s1. The van der Waals surface area contributed by atoms with Gasteiger partial charge in [0.25, 0.3) is 5.91 Å². The lowest BCUT2D eigenvalue weighted by molar-refractivity contribution is -0.150. The number of thioether (sulfide) groups is 1. The molecular weight excluding hydrogens is 524 g/mol. The number of aliphatic hydroxyl groups is 1. The summed E-state index contributed by atoms with van der Waals surface area (Å²) < 4.78 is -1.55. The number of fused-ring (bicyclic) bond motifs is 1. The second-order valence-electron chi connectivity index (χ2n) is 10.6. The Bertz CT molecular complexity index is 1260. The van der Waals surface area contributed by atoms with E-state index >= 15 is 0 Å². The van der Waals surface area contributed by atoms with E-state index in [0.717, 1.165) is 5.56 Å². The lowest BCUT2D eigenvalue weighted by Crippen LogP contribution is -2.58. The van der Waals surface area contributed by atoms with Gasteiger partial charge in [0.05, 0.1) is 29.2 Å². The molecule has 9 heteroatoms. The minimum Gasteiger partial charge on any atom is -0.481 e. The van der Waals surface area contributed by atoms with Gasteiger partial charge in [0, 0.05) is 22.0 Å². The number of benzene rings is 2. The van der Waals surface area contributed by atoms with Crippen molar-refractivity contribution < 1.29 is 24.6 Å². The largest absolute Gasteiger partial charge is 0.481 e. The lowest BCUT2D eigenvalue weighted by atomic mass is 9.66. The molecule has 6 atom stereocenters. The Kier molecular flexibility index (Phi) is 7.09. The van der Waals surface area contributed by atoms with Crippen molar-refractivity contribution in [2.75, 3.05) is 18.1 Å². The zero-order valence-corrected chi connectivity index (χ0v) is 22.7. The number of hydrogen-bond donors (Lipinski definition) is 2. The Hall–Kier alpha value is -2.81. The molecule has 3 aliphatic rings. The topological polar surface area (TPSA) is 98.2 Å². The van der Waals surface area contributed by atoms with Crippen molar-refractivity contribution in [1.82, 2.24) is 4.90 Å². The van der Waals surface area contributed by atoms with Crippen LogP contribution in [0, 0.1) is 11.8 Å². The molecule has 2 aromatic carbocycles. The monoisotopic (exact) mass is 554 g/mol. The van der Waals surface area contributed by atoms with Crippen molar-refractivity contribution >= 4 is 46.8 Å². The van der Waals surface area contributed by atoms with Crippen LogP contribution >= 0.6 is 23.4 Å². The number of carboxylic acids is 1. The minimum atomic E-state index is -1.02. The molecule has 7 nitrogen and oxygen atoms in total. The summed E-state index contributed by atoms with van der Waals surface area (Å²) in [5.74, 6) is -3.45. The average Bonchev–Trinajstić information content (AvgIpc) is 3.47. The van der Waals surface area contributed by atoms with Crippen molar-refractivity contribution in [3.8, 4) is 0 Å². The molecule has 3 saturated heterocycles. The fraction of sp³-hybridized carbons (Fsp3) is 0.414.